The Kier molecular flexibility index (Phi) is 2.41. The molecule has 0 saturated carbocycles. The normalized spacial score (nSPS) is 20.4. The van der Waals surface area contributed by atoms with Crippen molar-refractivity contribution in [1.29, 1.82) is 0 Å². The molecule has 8 aromatic carbocycles. The number of nitrogens with zero attached hydrogens (tertiary/aromatic N) is 3. The zero-order valence-corrected chi connectivity index (χ0v) is 25.3. The molecule has 0 bridgehead atoms. The summed E-state index contributed by atoms with van der Waals surface area (Å²) < 4.78 is 284. The van der Waals surface area contributed by atoms with Crippen LogP contribution >= 0.6 is 0 Å². The average molecular weight is 681 g/mol. The number of aromatic nitrogens is 3. The maximum absolute atomic E-state index is 10.3. The Morgan fingerprint density at radius 2 is 0.765 bits per heavy atom. The van der Waals surface area contributed by atoms with Crippen LogP contribution in [-0.2, 0) is 0 Å². The molecule has 0 aliphatic rings. The van der Waals surface area contributed by atoms with E-state index < -0.39 is 281 Å². The maximum Gasteiger partial charge on any atom is 0.0667 e. The minimum Gasteiger partial charge on any atom is -0.309 e. The number of benzene rings is 8. The van der Waals surface area contributed by atoms with Gasteiger partial charge in [-0.2, -0.15) is 0 Å². The molecule has 11 aromatic rings. The third-order valence-electron chi connectivity index (χ3n) is 8.41. The Balaban J connectivity index is 1.44. The smallest absolute Gasteiger partial charge is 0.0667 e. The van der Waals surface area contributed by atoms with E-state index in [0.29, 0.717) is 9.13 Å². The third kappa shape index (κ3) is 4.06. The summed E-state index contributed by atoms with van der Waals surface area (Å²) >= 11 is 0. The van der Waals surface area contributed by atoms with E-state index in [0.717, 1.165) is 4.57 Å². The van der Waals surface area contributed by atoms with Gasteiger partial charge in [0.05, 0.1) is 81.3 Å². The molecule has 3 aromatic heterocycles. The highest BCUT2D eigenvalue weighted by molar-refractivity contribution is 6.17. The first-order valence-electron chi connectivity index (χ1n) is 30.5. The summed E-state index contributed by atoms with van der Waals surface area (Å²) in [5, 5.41) is -3.71. The molecule has 0 radical (unpaired) electrons. The van der Waals surface area contributed by atoms with Crippen molar-refractivity contribution in [2.45, 2.75) is 0 Å². The van der Waals surface area contributed by atoms with Crippen LogP contribution in [-0.4, -0.2) is 13.7 Å². The first-order chi connectivity index (χ1) is 38.2. The highest BCUT2D eigenvalue weighted by atomic mass is 15.0. The number of rotatable bonds is 4. The van der Waals surface area contributed by atoms with Crippen molar-refractivity contribution >= 4 is 65.4 Å². The Labute approximate surface area is 338 Å². The first kappa shape index (κ1) is 11.3. The van der Waals surface area contributed by atoms with Gasteiger partial charge in [0.15, 0.2) is 0 Å². The van der Waals surface area contributed by atoms with Crippen molar-refractivity contribution in [2.24, 2.45) is 0 Å². The van der Waals surface area contributed by atoms with Crippen molar-refractivity contribution in [3.05, 3.63) is 187 Å². The molecular weight excluding hydrogens is 619 g/mol. The molecule has 0 atom stereocenters. The lowest BCUT2D eigenvalue weighted by molar-refractivity contribution is 1.15. The number of para-hydroxylation sites is 4. The maximum atomic E-state index is 10.3. The van der Waals surface area contributed by atoms with Gasteiger partial charge in [0.2, 0.25) is 0 Å². The molecule has 3 nitrogen and oxygen atoms in total. The van der Waals surface area contributed by atoms with Crippen molar-refractivity contribution in [3.63, 3.8) is 0 Å². The van der Waals surface area contributed by atoms with Gasteiger partial charge >= 0.3 is 0 Å². The van der Waals surface area contributed by atoms with Gasteiger partial charge in [-0.3, -0.25) is 0 Å². The average Bonchev–Trinajstić information content (AvgIpc) is 1.64. The van der Waals surface area contributed by atoms with E-state index in [-0.39, 0.29) is 0 Å². The Hall–Kier alpha value is -6.84. The lowest BCUT2D eigenvalue weighted by atomic mass is 10.1. The molecule has 51 heavy (non-hydrogen) atoms. The minimum atomic E-state index is -1.11. The fourth-order valence-corrected chi connectivity index (χ4v) is 6.38. The van der Waals surface area contributed by atoms with E-state index in [9.17, 15) is 17.8 Å². The van der Waals surface area contributed by atoms with Gasteiger partial charge in [-0.25, -0.2) is 0 Å². The quantitative estimate of drug-likeness (QED) is 0.176. The van der Waals surface area contributed by atoms with Crippen molar-refractivity contribution in [2.75, 3.05) is 0 Å². The second-order valence-electron chi connectivity index (χ2n) is 11.0. The molecule has 0 aliphatic heterocycles. The van der Waals surface area contributed by atoms with Gasteiger partial charge < -0.3 is 13.7 Å². The lowest BCUT2D eigenvalue weighted by Crippen LogP contribution is -1.98. The van der Waals surface area contributed by atoms with E-state index in [1.807, 2.05) is 0 Å². The SMILES string of the molecule is [2H]c1c([2H])c([2H])c(-c2c([2H])c([2H])c([2H])c(-n3c4c([2H])c([2H])c([2H])c([2H])c4c4c([2H])c([2H])c(-n5c6c([2H])c([2H])c([2H])c([2H])c6c6c(-n7c8c([2H])c([2H])c([2H])c([2H])c8c8c([2H])c([2H])c([2H])c([2H])c87)c([2H])c([2H])c([2H])c65)c([2H])c43)c2[2H])c([2H])c1[2H]. The molecule has 3 heteroatoms. The van der Waals surface area contributed by atoms with Gasteiger partial charge in [0.25, 0.3) is 0 Å². The van der Waals surface area contributed by atoms with Crippen LogP contribution in [0, 0.1) is 0 Å². The van der Waals surface area contributed by atoms with Crippen LogP contribution in [0.4, 0.5) is 0 Å². The predicted molar refractivity (Wildman–Crippen MR) is 215 cm³/mol. The highest BCUT2D eigenvalue weighted by Gasteiger charge is 2.20. The van der Waals surface area contributed by atoms with Crippen LogP contribution in [0.25, 0.3) is 93.6 Å². The van der Waals surface area contributed by atoms with Gasteiger partial charge in [-0.15, -0.1) is 0 Å². The third-order valence-corrected chi connectivity index (χ3v) is 8.41. The molecule has 0 N–H and O–H groups in total. The summed E-state index contributed by atoms with van der Waals surface area (Å²) in [5.41, 5.74) is -8.72. The van der Waals surface area contributed by atoms with Gasteiger partial charge in [-0.1, -0.05) is 127 Å². The fraction of sp³-hybridized carbons (Fsp3) is 0. The van der Waals surface area contributed by atoms with Crippen LogP contribution in [0.3, 0.4) is 0 Å². The van der Waals surface area contributed by atoms with Crippen molar-refractivity contribution in [3.8, 4) is 28.2 Å². The molecule has 0 saturated heterocycles. The van der Waals surface area contributed by atoms with E-state index in [1.165, 1.54) is 0 Å². The molecule has 0 spiro atoms. The van der Waals surface area contributed by atoms with Gasteiger partial charge in [-0.05, 0) is 71.6 Å². The molecular formula is C48H31N3. The molecule has 0 aliphatic carbocycles. The Bertz CT molecular complexity index is 4830. The van der Waals surface area contributed by atoms with Crippen LogP contribution < -0.4 is 0 Å². The topological polar surface area (TPSA) is 14.8 Å². The van der Waals surface area contributed by atoms with Crippen molar-refractivity contribution in [1.82, 2.24) is 13.7 Å². The van der Waals surface area contributed by atoms with Crippen LogP contribution in [0.5, 0.6) is 0 Å². The summed E-state index contributed by atoms with van der Waals surface area (Å²) in [6.45, 7) is 0. The molecule has 0 fully saturated rings. The first-order valence-corrected chi connectivity index (χ1v) is 15.0. The van der Waals surface area contributed by atoms with Crippen molar-refractivity contribution < 1.29 is 42.5 Å². The van der Waals surface area contributed by atoms with E-state index >= 15 is 0 Å². The van der Waals surface area contributed by atoms with E-state index in [4.69, 9.17) is 24.7 Å². The lowest BCUT2D eigenvalue weighted by Gasteiger charge is -2.13. The van der Waals surface area contributed by atoms with Gasteiger partial charge in [0.1, 0.15) is 0 Å². The van der Waals surface area contributed by atoms with Crippen LogP contribution in [0.1, 0.15) is 42.5 Å². The standard InChI is InChI=1S/C48H31N3/c1-2-14-32(15-3-1)33-16-12-17-34(30-33)50-41-22-8-4-20-38(41)39-29-28-35(31-47(39)50)49-44-25-11-7-21-40(44)48-45(49)26-13-27-46(48)51-42-23-9-5-18-36(42)37-19-6-10-24-43(37)51/h1-31H/i1D,2D,3D,4D,5D,6D,7D,8D,9D,10D,11D,12D,13D,14D,15D,16D,17D,18D,19D,20D,21D,22D,23D,24D,25D,26D,27D,28D,29D,30D,31D. The molecule has 0 unspecified atom stereocenters. The minimum absolute atomic E-state index is 0.521. The summed E-state index contributed by atoms with van der Waals surface area (Å²) in [4.78, 5) is 0. The number of hydrogen-bond acceptors (Lipinski definition) is 0. The molecule has 238 valence electrons. The van der Waals surface area contributed by atoms with E-state index in [2.05, 4.69) is 0 Å². The molecule has 3 heterocycles. The fourth-order valence-electron chi connectivity index (χ4n) is 6.38. The Morgan fingerprint density at radius 3 is 1.45 bits per heavy atom. The van der Waals surface area contributed by atoms with Crippen LogP contribution in [0.15, 0.2) is 187 Å². The summed E-state index contributed by atoms with van der Waals surface area (Å²) in [5.74, 6) is 0. The molecule has 0 amide bonds. The summed E-state index contributed by atoms with van der Waals surface area (Å²) in [7, 11) is 0. The largest absolute Gasteiger partial charge is 0.309 e. The summed E-state index contributed by atoms with van der Waals surface area (Å²) in [6.07, 6.45) is 0. The Morgan fingerprint density at radius 1 is 0.294 bits per heavy atom. The number of fused-ring (bicyclic) bond motifs is 9. The zero-order valence-electron chi connectivity index (χ0n) is 56.3. The van der Waals surface area contributed by atoms with Crippen LogP contribution in [0.2, 0.25) is 0 Å². The highest BCUT2D eigenvalue weighted by Crippen LogP contribution is 2.41. The van der Waals surface area contributed by atoms with Gasteiger partial charge in [0, 0.05) is 43.7 Å². The molecule has 11 rings (SSSR count). The monoisotopic (exact) mass is 680 g/mol. The van der Waals surface area contributed by atoms with E-state index in [1.54, 1.807) is 0 Å². The number of hydrogen-bond donors (Lipinski definition) is 0. The predicted octanol–water partition coefficient (Wildman–Crippen LogP) is 12.6. The second kappa shape index (κ2) is 10.8. The summed E-state index contributed by atoms with van der Waals surface area (Å²) in [6, 6.07) is -30.2. The zero-order chi connectivity index (χ0) is 60.4. The second-order valence-corrected chi connectivity index (χ2v) is 11.0.